The van der Waals surface area contributed by atoms with Crippen LogP contribution >= 0.6 is 0 Å². The van der Waals surface area contributed by atoms with E-state index in [0.717, 1.165) is 0 Å². The van der Waals surface area contributed by atoms with Gasteiger partial charge in [-0.25, -0.2) is 0 Å². The molecule has 0 aliphatic carbocycles. The molecule has 4 nitrogen and oxygen atoms in total. The number of carbonyl (C=O) groups excluding carboxylic acids is 1. The Balaban J connectivity index is 2.47. The predicted molar refractivity (Wildman–Crippen MR) is 38.9 cm³/mol. The summed E-state index contributed by atoms with van der Waals surface area (Å²) in [6, 6.07) is 0. The van der Waals surface area contributed by atoms with Crippen LogP contribution in [-0.4, -0.2) is 50.8 Å². The number of rotatable bonds is 3. The normalized spacial score (nSPS) is 30.9. The van der Waals surface area contributed by atoms with Gasteiger partial charge in [0.2, 0.25) is 0 Å². The topological polar surface area (TPSA) is 38.8 Å². The molecule has 63 valence electrons. The van der Waals surface area contributed by atoms with Crippen molar-refractivity contribution in [2.24, 2.45) is 0 Å². The fraction of sp³-hybridized carbons (Fsp3) is 0.857. The molecular formula is C7H12NO3. The van der Waals surface area contributed by atoms with Crippen molar-refractivity contribution in [1.29, 1.82) is 0 Å². The average molecular weight is 158 g/mol. The summed E-state index contributed by atoms with van der Waals surface area (Å²) in [6.45, 7) is 1.16. The molecule has 2 unspecified atom stereocenters. The van der Waals surface area contributed by atoms with Crippen LogP contribution in [0.25, 0.3) is 0 Å². The Labute approximate surface area is 66.1 Å². The number of hydrogen-bond acceptors (Lipinski definition) is 3. The molecule has 1 saturated heterocycles. The smallest absolute Gasteiger partial charge is 0.312 e. The second kappa shape index (κ2) is 3.69. The number of ether oxygens (including phenoxy) is 2. The maximum absolute atomic E-state index is 10.2. The molecule has 1 rings (SSSR count). The minimum Gasteiger partial charge on any atom is -0.377 e. The predicted octanol–water partition coefficient (Wildman–Crippen LogP) is -0.601. The number of amides is 1. The summed E-state index contributed by atoms with van der Waals surface area (Å²) >= 11 is 0. The first-order valence-corrected chi connectivity index (χ1v) is 3.50. The molecule has 4 heteroatoms. The monoisotopic (exact) mass is 158 g/mol. The van der Waals surface area contributed by atoms with Crippen molar-refractivity contribution in [1.82, 2.24) is 4.90 Å². The van der Waals surface area contributed by atoms with Gasteiger partial charge in [0.25, 0.3) is 0 Å². The van der Waals surface area contributed by atoms with E-state index in [4.69, 9.17) is 9.47 Å². The summed E-state index contributed by atoms with van der Waals surface area (Å²) < 4.78 is 10.2. The highest BCUT2D eigenvalue weighted by molar-refractivity contribution is 5.49. The van der Waals surface area contributed by atoms with Crippen LogP contribution in [0.2, 0.25) is 0 Å². The highest BCUT2D eigenvalue weighted by Crippen LogP contribution is 2.13. The van der Waals surface area contributed by atoms with E-state index in [1.807, 2.05) is 6.41 Å². The molecule has 1 radical (unpaired) electrons. The summed E-state index contributed by atoms with van der Waals surface area (Å²) in [4.78, 5) is 11.8. The molecule has 1 amide bonds. The Kier molecular flexibility index (Phi) is 2.84. The van der Waals surface area contributed by atoms with Crippen LogP contribution in [0.5, 0.6) is 0 Å². The maximum Gasteiger partial charge on any atom is 0.312 e. The molecule has 1 heterocycles. The van der Waals surface area contributed by atoms with Crippen LogP contribution < -0.4 is 0 Å². The number of nitrogens with zero attached hydrogens (tertiary/aromatic N) is 1. The van der Waals surface area contributed by atoms with Crippen LogP contribution in [0.1, 0.15) is 0 Å². The number of hydrogen-bond donors (Lipinski definition) is 0. The molecule has 11 heavy (non-hydrogen) atoms. The zero-order valence-corrected chi connectivity index (χ0v) is 6.74. The zero-order valence-electron chi connectivity index (χ0n) is 6.74. The molecule has 0 N–H and O–H groups in total. The molecule has 1 aliphatic rings. The van der Waals surface area contributed by atoms with Gasteiger partial charge in [0.15, 0.2) is 0 Å². The SMILES string of the molecule is COC1CN([C]=O)CC1OC. The standard InChI is InChI=1S/C7H12NO3/c1-10-6-3-8(5-9)4-7(6)11-2/h6-7H,3-4H2,1-2H3. The Morgan fingerprint density at radius 2 is 1.73 bits per heavy atom. The van der Waals surface area contributed by atoms with E-state index in [1.165, 1.54) is 4.90 Å². The molecule has 0 spiro atoms. The third-order valence-electron chi connectivity index (χ3n) is 1.95. The van der Waals surface area contributed by atoms with E-state index in [1.54, 1.807) is 14.2 Å². The second-order valence-electron chi connectivity index (χ2n) is 2.54. The Bertz CT molecular complexity index is 128. The average Bonchev–Trinajstić information content (AvgIpc) is 2.46. The van der Waals surface area contributed by atoms with E-state index in [9.17, 15) is 4.79 Å². The van der Waals surface area contributed by atoms with Crippen molar-refractivity contribution >= 4 is 6.41 Å². The molecule has 1 fully saturated rings. The van der Waals surface area contributed by atoms with Crippen LogP contribution in [-0.2, 0) is 14.3 Å². The van der Waals surface area contributed by atoms with Crippen LogP contribution in [0.4, 0.5) is 0 Å². The Morgan fingerprint density at radius 3 is 2.00 bits per heavy atom. The van der Waals surface area contributed by atoms with Crippen molar-refractivity contribution in [3.05, 3.63) is 0 Å². The minimum absolute atomic E-state index is 0.00134. The van der Waals surface area contributed by atoms with Crippen LogP contribution in [0.15, 0.2) is 0 Å². The first-order chi connectivity index (χ1) is 5.31. The number of likely N-dealkylation sites (tertiary alicyclic amines) is 1. The lowest BCUT2D eigenvalue weighted by atomic mass is 10.3. The lowest BCUT2D eigenvalue weighted by Crippen LogP contribution is -2.27. The Morgan fingerprint density at radius 1 is 1.27 bits per heavy atom. The van der Waals surface area contributed by atoms with E-state index < -0.39 is 0 Å². The molecule has 1 aliphatic heterocycles. The van der Waals surface area contributed by atoms with Crippen LogP contribution in [0, 0.1) is 0 Å². The van der Waals surface area contributed by atoms with Gasteiger partial charge in [-0.05, 0) is 0 Å². The molecule has 0 bridgehead atoms. The molecule has 0 aromatic carbocycles. The molecule has 0 aromatic rings. The molecule has 2 atom stereocenters. The van der Waals surface area contributed by atoms with E-state index in [2.05, 4.69) is 0 Å². The first-order valence-electron chi connectivity index (χ1n) is 3.50. The number of methoxy groups -OCH3 is 2. The molecular weight excluding hydrogens is 146 g/mol. The van der Waals surface area contributed by atoms with E-state index >= 15 is 0 Å². The summed E-state index contributed by atoms with van der Waals surface area (Å²) in [6.07, 6.45) is 1.82. The van der Waals surface area contributed by atoms with Crippen molar-refractivity contribution in [3.8, 4) is 0 Å². The van der Waals surface area contributed by atoms with Crippen molar-refractivity contribution in [2.75, 3.05) is 27.3 Å². The summed E-state index contributed by atoms with van der Waals surface area (Å²) in [5, 5.41) is 0. The first kappa shape index (κ1) is 8.49. The molecule has 0 saturated carbocycles. The Hall–Kier alpha value is -0.610. The van der Waals surface area contributed by atoms with Crippen molar-refractivity contribution in [2.45, 2.75) is 12.2 Å². The van der Waals surface area contributed by atoms with Gasteiger partial charge >= 0.3 is 6.41 Å². The van der Waals surface area contributed by atoms with Gasteiger partial charge in [0.1, 0.15) is 12.2 Å². The summed E-state index contributed by atoms with van der Waals surface area (Å²) in [5.41, 5.74) is 0. The van der Waals surface area contributed by atoms with Crippen molar-refractivity contribution in [3.63, 3.8) is 0 Å². The summed E-state index contributed by atoms with van der Waals surface area (Å²) in [7, 11) is 3.23. The highest BCUT2D eigenvalue weighted by Gasteiger charge is 2.32. The minimum atomic E-state index is 0.00134. The van der Waals surface area contributed by atoms with Crippen LogP contribution in [0.3, 0.4) is 0 Å². The third kappa shape index (κ3) is 1.70. The maximum atomic E-state index is 10.2. The quantitative estimate of drug-likeness (QED) is 0.550. The van der Waals surface area contributed by atoms with E-state index in [-0.39, 0.29) is 12.2 Å². The molecule has 0 aromatic heterocycles. The zero-order chi connectivity index (χ0) is 8.27. The van der Waals surface area contributed by atoms with Gasteiger partial charge in [-0.15, -0.1) is 0 Å². The highest BCUT2D eigenvalue weighted by atomic mass is 16.5. The fourth-order valence-electron chi connectivity index (χ4n) is 1.27. The summed E-state index contributed by atoms with van der Waals surface area (Å²) in [5.74, 6) is 0. The van der Waals surface area contributed by atoms with E-state index in [0.29, 0.717) is 13.1 Å². The third-order valence-corrected chi connectivity index (χ3v) is 1.95. The lowest BCUT2D eigenvalue weighted by Gasteiger charge is -2.13. The van der Waals surface area contributed by atoms with Crippen molar-refractivity contribution < 1.29 is 14.3 Å². The van der Waals surface area contributed by atoms with Gasteiger partial charge in [0, 0.05) is 14.2 Å². The lowest BCUT2D eigenvalue weighted by molar-refractivity contribution is -0.00461. The van der Waals surface area contributed by atoms with Gasteiger partial charge < -0.3 is 14.4 Å². The second-order valence-corrected chi connectivity index (χ2v) is 2.54. The van der Waals surface area contributed by atoms with Gasteiger partial charge in [0.05, 0.1) is 13.1 Å². The van der Waals surface area contributed by atoms with Gasteiger partial charge in [-0.2, -0.15) is 0 Å². The van der Waals surface area contributed by atoms with Gasteiger partial charge in [-0.1, -0.05) is 0 Å². The van der Waals surface area contributed by atoms with Gasteiger partial charge in [-0.3, -0.25) is 4.79 Å². The largest absolute Gasteiger partial charge is 0.377 e. The fourth-order valence-corrected chi connectivity index (χ4v) is 1.27.